The maximum atomic E-state index is 13.8. The second-order valence-corrected chi connectivity index (χ2v) is 11.0. The van der Waals surface area contributed by atoms with Gasteiger partial charge in [0, 0.05) is 23.0 Å². The first-order valence-corrected chi connectivity index (χ1v) is 14.2. The normalized spacial score (nSPS) is 13.0. The van der Waals surface area contributed by atoms with E-state index in [1.807, 2.05) is 42.6 Å². The molecule has 0 fully saturated rings. The number of carbonyl (C=O) groups is 2. The van der Waals surface area contributed by atoms with Crippen molar-refractivity contribution in [3.05, 3.63) is 104 Å². The average Bonchev–Trinajstić information content (AvgIpc) is 3.36. The Labute approximate surface area is 244 Å². The fourth-order valence-corrected chi connectivity index (χ4v) is 6.23. The summed E-state index contributed by atoms with van der Waals surface area (Å²) in [6.07, 6.45) is -3.33. The Morgan fingerprint density at radius 3 is 2.32 bits per heavy atom. The lowest BCUT2D eigenvalue weighted by atomic mass is 9.75. The molecule has 0 bridgehead atoms. The van der Waals surface area contributed by atoms with Crippen LogP contribution in [-0.4, -0.2) is 23.5 Å². The summed E-state index contributed by atoms with van der Waals surface area (Å²) in [5, 5.41) is 23.8. The van der Waals surface area contributed by atoms with E-state index in [0.717, 1.165) is 29.7 Å². The van der Waals surface area contributed by atoms with Crippen molar-refractivity contribution in [2.75, 3.05) is 6.54 Å². The van der Waals surface area contributed by atoms with E-state index >= 15 is 0 Å². The topological polar surface area (TPSA) is 90.2 Å². The maximum absolute atomic E-state index is 13.8. The van der Waals surface area contributed by atoms with Crippen molar-refractivity contribution in [2.24, 2.45) is 0 Å². The molecule has 0 saturated carbocycles. The lowest BCUT2D eigenvalue weighted by molar-refractivity contribution is -0.138. The van der Waals surface area contributed by atoms with Crippen LogP contribution in [0.5, 0.6) is 0 Å². The third kappa shape index (κ3) is 6.89. The molecule has 4 aromatic rings. The van der Waals surface area contributed by atoms with Crippen LogP contribution < -0.4 is 5.32 Å². The van der Waals surface area contributed by atoms with Crippen LogP contribution >= 0.6 is 22.9 Å². The van der Waals surface area contributed by atoms with Crippen molar-refractivity contribution < 1.29 is 27.9 Å². The van der Waals surface area contributed by atoms with E-state index in [1.165, 1.54) is 11.3 Å². The van der Waals surface area contributed by atoms with Crippen LogP contribution in [0.2, 0.25) is 5.02 Å². The van der Waals surface area contributed by atoms with Crippen LogP contribution in [0, 0.1) is 11.3 Å². The number of nitriles is 1. The van der Waals surface area contributed by atoms with E-state index in [4.69, 9.17) is 16.7 Å². The number of amides is 1. The Morgan fingerprint density at radius 2 is 1.73 bits per heavy atom. The summed E-state index contributed by atoms with van der Waals surface area (Å²) in [7, 11) is 0. The van der Waals surface area contributed by atoms with Crippen LogP contribution in [0.4, 0.5) is 13.2 Å². The molecule has 0 radical (unpaired) electrons. The number of carboxylic acids is 1. The molecule has 0 spiro atoms. The molecule has 1 heterocycles. The van der Waals surface area contributed by atoms with Gasteiger partial charge in [-0.15, -0.1) is 11.3 Å². The standard InChI is InChI=1S/C31H26ClF3N2O3S/c1-2-3-24(18-4-6-20(7-5-18)30(40)37-13-12-27(38)39)28(19-8-10-23(32)11-9-19)26-17-41-29-21(16-36)14-22(15-25(26)29)31(33,34)35/h4-11,14-15,17,24,28H,2-3,12-13H2,1H3,(H,37,40)(H,38,39). The van der Waals surface area contributed by atoms with Crippen molar-refractivity contribution in [1.29, 1.82) is 5.26 Å². The predicted octanol–water partition coefficient (Wildman–Crippen LogP) is 8.37. The molecule has 0 saturated heterocycles. The van der Waals surface area contributed by atoms with Gasteiger partial charge in [0.15, 0.2) is 0 Å². The Bertz CT molecular complexity index is 1590. The molecule has 0 aliphatic carbocycles. The zero-order chi connectivity index (χ0) is 29.7. The first-order chi connectivity index (χ1) is 19.5. The fourth-order valence-electron chi connectivity index (χ4n) is 5.05. The van der Waals surface area contributed by atoms with Crippen LogP contribution in [0.15, 0.2) is 66.0 Å². The summed E-state index contributed by atoms with van der Waals surface area (Å²) >= 11 is 7.42. The first-order valence-electron chi connectivity index (χ1n) is 12.9. The van der Waals surface area contributed by atoms with Gasteiger partial charge in [0.05, 0.1) is 22.2 Å². The van der Waals surface area contributed by atoms with Gasteiger partial charge in [-0.25, -0.2) is 0 Å². The lowest BCUT2D eigenvalue weighted by Gasteiger charge is -2.29. The molecule has 2 atom stereocenters. The zero-order valence-electron chi connectivity index (χ0n) is 22.0. The summed E-state index contributed by atoms with van der Waals surface area (Å²) in [6, 6.07) is 18.1. The monoisotopic (exact) mass is 598 g/mol. The maximum Gasteiger partial charge on any atom is 0.416 e. The summed E-state index contributed by atoms with van der Waals surface area (Å²) in [5.74, 6) is -1.96. The molecule has 0 aliphatic heterocycles. The number of nitrogens with one attached hydrogen (secondary N) is 1. The number of fused-ring (bicyclic) bond motifs is 1. The number of alkyl halides is 3. The largest absolute Gasteiger partial charge is 0.481 e. The minimum absolute atomic E-state index is 0.00283. The van der Waals surface area contributed by atoms with Crippen LogP contribution in [0.3, 0.4) is 0 Å². The highest BCUT2D eigenvalue weighted by Gasteiger charge is 2.34. The van der Waals surface area contributed by atoms with Gasteiger partial charge in [0.1, 0.15) is 6.07 Å². The minimum atomic E-state index is -4.61. The van der Waals surface area contributed by atoms with Gasteiger partial charge in [0.25, 0.3) is 5.91 Å². The Kier molecular flexibility index (Phi) is 9.36. The van der Waals surface area contributed by atoms with Crippen LogP contribution in [-0.2, 0) is 11.0 Å². The Morgan fingerprint density at radius 1 is 1.07 bits per heavy atom. The average molecular weight is 599 g/mol. The van der Waals surface area contributed by atoms with Crippen LogP contribution in [0.1, 0.15) is 76.2 Å². The molecule has 0 aliphatic rings. The predicted molar refractivity (Wildman–Crippen MR) is 154 cm³/mol. The van der Waals surface area contributed by atoms with Gasteiger partial charge in [-0.3, -0.25) is 9.59 Å². The van der Waals surface area contributed by atoms with E-state index in [2.05, 4.69) is 5.32 Å². The van der Waals surface area contributed by atoms with Crippen molar-refractivity contribution in [3.8, 4) is 6.07 Å². The van der Waals surface area contributed by atoms with Gasteiger partial charge in [-0.05, 0) is 76.2 Å². The van der Waals surface area contributed by atoms with E-state index in [1.54, 1.807) is 24.3 Å². The number of rotatable bonds is 10. The zero-order valence-corrected chi connectivity index (χ0v) is 23.5. The number of halogens is 4. The molecular weight excluding hydrogens is 573 g/mol. The number of hydrogen-bond donors (Lipinski definition) is 2. The van der Waals surface area contributed by atoms with Crippen LogP contribution in [0.25, 0.3) is 10.1 Å². The first kappa shape index (κ1) is 30.1. The minimum Gasteiger partial charge on any atom is -0.481 e. The molecule has 4 rings (SSSR count). The SMILES string of the molecule is CCCC(c1ccc(C(=O)NCCC(=O)O)cc1)C(c1ccc(Cl)cc1)c1csc2c(C#N)cc(C(F)(F)F)cc12. The molecule has 2 N–H and O–H groups in total. The summed E-state index contributed by atoms with van der Waals surface area (Å²) < 4.78 is 42.0. The number of hydrogen-bond acceptors (Lipinski definition) is 4. The molecule has 10 heteroatoms. The number of aliphatic carboxylic acids is 1. The number of thiophene rings is 1. The third-order valence-electron chi connectivity index (χ3n) is 6.94. The van der Waals surface area contributed by atoms with Gasteiger partial charge in [0.2, 0.25) is 0 Å². The number of carboxylic acid groups (broad SMARTS) is 1. The quantitative estimate of drug-likeness (QED) is 0.192. The van der Waals surface area contributed by atoms with Gasteiger partial charge >= 0.3 is 12.1 Å². The van der Waals surface area contributed by atoms with E-state index in [0.29, 0.717) is 32.7 Å². The summed E-state index contributed by atoms with van der Waals surface area (Å²) in [4.78, 5) is 23.2. The molecule has 1 amide bonds. The lowest BCUT2D eigenvalue weighted by Crippen LogP contribution is -2.26. The van der Waals surface area contributed by atoms with Crippen molar-refractivity contribution in [3.63, 3.8) is 0 Å². The number of benzene rings is 3. The number of carbonyl (C=O) groups excluding carboxylic acids is 1. The van der Waals surface area contributed by atoms with Gasteiger partial charge < -0.3 is 10.4 Å². The molecule has 41 heavy (non-hydrogen) atoms. The molecular formula is C31H26ClF3N2O3S. The van der Waals surface area contributed by atoms with Crippen molar-refractivity contribution in [2.45, 2.75) is 44.2 Å². The van der Waals surface area contributed by atoms with Crippen molar-refractivity contribution in [1.82, 2.24) is 5.32 Å². The number of nitrogens with zero attached hydrogens (tertiary/aromatic N) is 1. The molecule has 1 aromatic heterocycles. The molecule has 5 nitrogen and oxygen atoms in total. The smallest absolute Gasteiger partial charge is 0.416 e. The Hall–Kier alpha value is -3.87. The highest BCUT2D eigenvalue weighted by atomic mass is 35.5. The van der Waals surface area contributed by atoms with E-state index in [-0.39, 0.29) is 30.4 Å². The second kappa shape index (κ2) is 12.8. The summed E-state index contributed by atoms with van der Waals surface area (Å²) in [5.41, 5.74) is 1.91. The van der Waals surface area contributed by atoms with E-state index in [9.17, 15) is 28.0 Å². The molecule has 3 aromatic carbocycles. The Balaban J connectivity index is 1.83. The second-order valence-electron chi connectivity index (χ2n) is 9.65. The fraction of sp³-hybridized carbons (Fsp3) is 0.258. The molecule has 2 unspecified atom stereocenters. The van der Waals surface area contributed by atoms with Crippen molar-refractivity contribution >= 4 is 44.9 Å². The molecule has 212 valence electrons. The van der Waals surface area contributed by atoms with Gasteiger partial charge in [-0.2, -0.15) is 18.4 Å². The highest BCUT2D eigenvalue weighted by Crippen LogP contribution is 2.47. The summed E-state index contributed by atoms with van der Waals surface area (Å²) in [6.45, 7) is 2.03. The third-order valence-corrected chi connectivity index (χ3v) is 8.24. The van der Waals surface area contributed by atoms with E-state index < -0.39 is 23.6 Å². The highest BCUT2D eigenvalue weighted by molar-refractivity contribution is 7.17. The van der Waals surface area contributed by atoms with Gasteiger partial charge in [-0.1, -0.05) is 49.2 Å².